The number of rotatable bonds is 8. The first-order chi connectivity index (χ1) is 16.3. The number of nitrogens with one attached hydrogen (secondary N) is 1. The van der Waals surface area contributed by atoms with E-state index in [4.69, 9.17) is 8.37 Å². The standard InChI is InChI=1S/C22H20N2O9S2/c1-14-4-8-18(9-5-14)34(28,29)32-20-12-17(24(26)27)13-21(22(20)23-16(3)25)33-35(30,31)19-10-6-15(2)7-11-19/h4-13H,1-3H3,(H,23,25). The smallest absolute Gasteiger partial charge is 0.339 e. The highest BCUT2D eigenvalue weighted by atomic mass is 32.2. The molecule has 13 heteroatoms. The van der Waals surface area contributed by atoms with Crippen molar-refractivity contribution >= 4 is 37.5 Å². The van der Waals surface area contributed by atoms with Crippen molar-refractivity contribution in [3.63, 3.8) is 0 Å². The van der Waals surface area contributed by atoms with Crippen LogP contribution in [-0.4, -0.2) is 27.7 Å². The second-order valence-electron chi connectivity index (χ2n) is 7.46. The van der Waals surface area contributed by atoms with Crippen molar-refractivity contribution in [1.29, 1.82) is 0 Å². The first-order valence-corrected chi connectivity index (χ1v) is 12.7. The summed E-state index contributed by atoms with van der Waals surface area (Å²) in [5.41, 5.74) is 0.294. The first kappa shape index (κ1) is 25.6. The van der Waals surface area contributed by atoms with E-state index in [9.17, 15) is 31.7 Å². The summed E-state index contributed by atoms with van der Waals surface area (Å²) >= 11 is 0. The van der Waals surface area contributed by atoms with Crippen LogP contribution in [0.5, 0.6) is 11.5 Å². The largest absolute Gasteiger partial charge is 0.376 e. The second kappa shape index (κ2) is 9.72. The Bertz CT molecular complexity index is 1400. The molecule has 0 bridgehead atoms. The number of benzene rings is 3. The maximum atomic E-state index is 12.8. The van der Waals surface area contributed by atoms with E-state index in [1.807, 2.05) is 0 Å². The van der Waals surface area contributed by atoms with Gasteiger partial charge >= 0.3 is 20.2 Å². The SMILES string of the molecule is CC(=O)Nc1c(OS(=O)(=O)c2ccc(C)cc2)cc([N+](=O)[O-])cc1OS(=O)(=O)c1ccc(C)cc1. The highest BCUT2D eigenvalue weighted by molar-refractivity contribution is 7.87. The summed E-state index contributed by atoms with van der Waals surface area (Å²) < 4.78 is 61.5. The molecule has 0 atom stereocenters. The average molecular weight is 521 g/mol. The van der Waals surface area contributed by atoms with Gasteiger partial charge in [-0.25, -0.2) is 0 Å². The van der Waals surface area contributed by atoms with Crippen LogP contribution in [0.15, 0.2) is 70.5 Å². The van der Waals surface area contributed by atoms with Crippen LogP contribution in [0.25, 0.3) is 0 Å². The number of aryl methyl sites for hydroxylation is 2. The lowest BCUT2D eigenvalue weighted by Gasteiger charge is -2.16. The third-order valence-corrected chi connectivity index (χ3v) is 7.08. The zero-order valence-corrected chi connectivity index (χ0v) is 20.3. The van der Waals surface area contributed by atoms with Crippen LogP contribution in [0.4, 0.5) is 11.4 Å². The minimum absolute atomic E-state index is 0.266. The number of non-ortho nitro benzene ring substituents is 1. The summed E-state index contributed by atoms with van der Waals surface area (Å²) in [6.45, 7) is 4.55. The Morgan fingerprint density at radius 2 is 1.17 bits per heavy atom. The van der Waals surface area contributed by atoms with Crippen LogP contribution < -0.4 is 13.7 Å². The highest BCUT2D eigenvalue weighted by Crippen LogP contribution is 2.41. The van der Waals surface area contributed by atoms with Crippen LogP contribution in [-0.2, 0) is 25.0 Å². The quantitative estimate of drug-likeness (QED) is 0.265. The topological polar surface area (TPSA) is 159 Å². The van der Waals surface area contributed by atoms with Crippen LogP contribution in [0.3, 0.4) is 0 Å². The number of nitro groups is 1. The van der Waals surface area contributed by atoms with Crippen molar-refractivity contribution in [1.82, 2.24) is 0 Å². The molecule has 0 aliphatic rings. The third-order valence-electron chi connectivity index (χ3n) is 4.58. The van der Waals surface area contributed by atoms with E-state index in [-0.39, 0.29) is 9.79 Å². The van der Waals surface area contributed by atoms with Crippen molar-refractivity contribution in [3.05, 3.63) is 81.9 Å². The van der Waals surface area contributed by atoms with E-state index in [1.54, 1.807) is 13.8 Å². The van der Waals surface area contributed by atoms with Gasteiger partial charge in [-0.3, -0.25) is 14.9 Å². The summed E-state index contributed by atoms with van der Waals surface area (Å²) in [6.07, 6.45) is 0. The molecule has 0 fully saturated rings. The normalized spacial score (nSPS) is 11.5. The van der Waals surface area contributed by atoms with E-state index in [1.165, 1.54) is 48.5 Å². The lowest BCUT2D eigenvalue weighted by Crippen LogP contribution is -2.16. The van der Waals surface area contributed by atoms with Gasteiger partial charge in [-0.05, 0) is 38.1 Å². The molecule has 0 aromatic heterocycles. The molecule has 35 heavy (non-hydrogen) atoms. The van der Waals surface area contributed by atoms with Crippen LogP contribution in [0.1, 0.15) is 18.1 Å². The summed E-state index contributed by atoms with van der Waals surface area (Å²) in [4.78, 5) is 21.9. The van der Waals surface area contributed by atoms with Gasteiger partial charge in [0.15, 0.2) is 11.5 Å². The fourth-order valence-corrected chi connectivity index (χ4v) is 4.72. The maximum Gasteiger partial charge on any atom is 0.339 e. The number of amides is 1. The number of nitrogens with zero attached hydrogens (tertiary/aromatic N) is 1. The minimum Gasteiger partial charge on any atom is -0.376 e. The molecular weight excluding hydrogens is 500 g/mol. The third kappa shape index (κ3) is 6.13. The number of hydrogen-bond donors (Lipinski definition) is 1. The van der Waals surface area contributed by atoms with Gasteiger partial charge in [0.1, 0.15) is 15.5 Å². The zero-order valence-electron chi connectivity index (χ0n) is 18.7. The predicted octanol–water partition coefficient (Wildman–Crippen LogP) is 3.71. The summed E-state index contributed by atoms with van der Waals surface area (Å²) in [7, 11) is -9.05. The maximum absolute atomic E-state index is 12.8. The molecule has 0 aliphatic heterocycles. The molecule has 0 aliphatic carbocycles. The number of hydrogen-bond acceptors (Lipinski definition) is 9. The van der Waals surface area contributed by atoms with Gasteiger partial charge in [-0.1, -0.05) is 35.4 Å². The van der Waals surface area contributed by atoms with Crippen molar-refractivity contribution in [2.75, 3.05) is 5.32 Å². The van der Waals surface area contributed by atoms with Crippen molar-refractivity contribution in [3.8, 4) is 11.5 Å². The van der Waals surface area contributed by atoms with Crippen molar-refractivity contribution < 1.29 is 34.9 Å². The number of carbonyl (C=O) groups is 1. The average Bonchev–Trinajstić information content (AvgIpc) is 2.75. The van der Waals surface area contributed by atoms with Gasteiger partial charge in [0.25, 0.3) is 5.69 Å². The Hall–Kier alpha value is -3.97. The van der Waals surface area contributed by atoms with Gasteiger partial charge in [0.05, 0.1) is 17.1 Å². The Balaban J connectivity index is 2.16. The van der Waals surface area contributed by atoms with Crippen molar-refractivity contribution in [2.45, 2.75) is 30.6 Å². The summed E-state index contributed by atoms with van der Waals surface area (Å²) in [6, 6.07) is 12.6. The van der Waals surface area contributed by atoms with E-state index >= 15 is 0 Å². The Labute approximate surface area is 201 Å². The molecular formula is C22H20N2O9S2. The Morgan fingerprint density at radius 1 is 0.800 bits per heavy atom. The molecule has 184 valence electrons. The molecule has 0 spiro atoms. The Morgan fingerprint density at radius 3 is 1.49 bits per heavy atom. The minimum atomic E-state index is -4.53. The fraction of sp³-hybridized carbons (Fsp3) is 0.136. The molecule has 3 aromatic carbocycles. The molecule has 3 aromatic rings. The van der Waals surface area contributed by atoms with Gasteiger partial charge in [-0.2, -0.15) is 16.8 Å². The second-order valence-corrected chi connectivity index (χ2v) is 10.5. The first-order valence-electron chi connectivity index (χ1n) is 9.91. The van der Waals surface area contributed by atoms with Gasteiger partial charge in [0.2, 0.25) is 5.91 Å². The molecule has 3 rings (SSSR count). The molecule has 0 unspecified atom stereocenters. The van der Waals surface area contributed by atoms with Crippen LogP contribution in [0.2, 0.25) is 0 Å². The van der Waals surface area contributed by atoms with E-state index in [0.29, 0.717) is 0 Å². The Kier molecular flexibility index (Phi) is 7.12. The lowest BCUT2D eigenvalue weighted by molar-refractivity contribution is -0.384. The van der Waals surface area contributed by atoms with E-state index < -0.39 is 53.9 Å². The predicted molar refractivity (Wildman–Crippen MR) is 125 cm³/mol. The molecule has 1 amide bonds. The van der Waals surface area contributed by atoms with Gasteiger partial charge in [-0.15, -0.1) is 0 Å². The van der Waals surface area contributed by atoms with Gasteiger partial charge in [0, 0.05) is 6.92 Å². The molecule has 0 saturated carbocycles. The highest BCUT2D eigenvalue weighted by Gasteiger charge is 2.28. The molecule has 11 nitrogen and oxygen atoms in total. The van der Waals surface area contributed by atoms with Crippen LogP contribution in [0, 0.1) is 24.0 Å². The molecule has 0 saturated heterocycles. The zero-order chi connectivity index (χ0) is 26.0. The molecule has 0 radical (unpaired) electrons. The summed E-state index contributed by atoms with van der Waals surface area (Å²) in [5.74, 6) is -2.15. The van der Waals surface area contributed by atoms with E-state index in [2.05, 4.69) is 5.32 Å². The van der Waals surface area contributed by atoms with Crippen molar-refractivity contribution in [2.24, 2.45) is 0 Å². The van der Waals surface area contributed by atoms with Crippen LogP contribution >= 0.6 is 0 Å². The monoisotopic (exact) mass is 520 g/mol. The number of carbonyl (C=O) groups excluding carboxylic acids is 1. The number of nitro benzene ring substituents is 1. The van der Waals surface area contributed by atoms with Gasteiger partial charge < -0.3 is 13.7 Å². The number of anilines is 1. The fourth-order valence-electron chi connectivity index (χ4n) is 2.85. The lowest BCUT2D eigenvalue weighted by atomic mass is 10.2. The molecule has 0 heterocycles. The summed E-state index contributed by atoms with van der Waals surface area (Å²) in [5, 5.41) is 13.7. The van der Waals surface area contributed by atoms with E-state index in [0.717, 1.165) is 30.2 Å². The molecule has 1 N–H and O–H groups in total.